The number of aryl methyl sites for hydroxylation is 1. The van der Waals surface area contributed by atoms with Crippen LogP contribution in [0.5, 0.6) is 0 Å². The lowest BCUT2D eigenvalue weighted by Crippen LogP contribution is -2.06. The van der Waals surface area contributed by atoms with Crippen molar-refractivity contribution in [2.75, 3.05) is 0 Å². The summed E-state index contributed by atoms with van der Waals surface area (Å²) in [5.41, 5.74) is 5.43. The van der Waals surface area contributed by atoms with Crippen LogP contribution in [0.25, 0.3) is 11.1 Å². The molecule has 3 heteroatoms. The monoisotopic (exact) mass is 324 g/mol. The van der Waals surface area contributed by atoms with Crippen molar-refractivity contribution < 1.29 is 14.6 Å². The summed E-state index contributed by atoms with van der Waals surface area (Å²) < 4.78 is 5.29. The number of hydrogen-bond acceptors (Lipinski definition) is 3. The van der Waals surface area contributed by atoms with E-state index < -0.39 is 5.97 Å². The minimum Gasteiger partial charge on any atom is -0.457 e. The van der Waals surface area contributed by atoms with Gasteiger partial charge in [-0.15, -0.1) is 0 Å². The van der Waals surface area contributed by atoms with Gasteiger partial charge in [-0.1, -0.05) is 56.3 Å². The highest BCUT2D eigenvalue weighted by Crippen LogP contribution is 2.26. The van der Waals surface area contributed by atoms with Crippen LogP contribution in [0.2, 0.25) is 0 Å². The van der Waals surface area contributed by atoms with Crippen molar-refractivity contribution in [3.8, 4) is 11.1 Å². The van der Waals surface area contributed by atoms with Crippen molar-refractivity contribution in [3.63, 3.8) is 0 Å². The van der Waals surface area contributed by atoms with Gasteiger partial charge in [-0.3, -0.25) is 0 Å². The summed E-state index contributed by atoms with van der Waals surface area (Å²) in [7, 11) is 0. The van der Waals surface area contributed by atoms with E-state index in [0.717, 1.165) is 35.1 Å². The molecule has 0 fully saturated rings. The quantitative estimate of drug-likeness (QED) is 0.606. The Labute approximate surface area is 143 Å². The van der Waals surface area contributed by atoms with E-state index in [1.54, 1.807) is 6.92 Å². The van der Waals surface area contributed by atoms with Crippen molar-refractivity contribution in [2.24, 2.45) is 0 Å². The number of carbonyl (C=O) groups is 1. The van der Waals surface area contributed by atoms with Crippen LogP contribution in [0.3, 0.4) is 0 Å². The van der Waals surface area contributed by atoms with E-state index in [-0.39, 0.29) is 13.2 Å². The van der Waals surface area contributed by atoms with E-state index in [1.807, 2.05) is 18.2 Å². The Kier molecular flexibility index (Phi) is 6.33. The predicted octanol–water partition coefficient (Wildman–Crippen LogP) is 4.42. The smallest absolute Gasteiger partial charge is 0.333 e. The number of ether oxygens (including phenoxy) is 1. The lowest BCUT2D eigenvalue weighted by Gasteiger charge is -2.13. The molecular weight excluding hydrogens is 300 g/mol. The summed E-state index contributed by atoms with van der Waals surface area (Å²) in [6, 6.07) is 14.2. The van der Waals surface area contributed by atoms with Crippen LogP contribution >= 0.6 is 0 Å². The highest BCUT2D eigenvalue weighted by molar-refractivity contribution is 5.87. The number of benzene rings is 2. The molecule has 2 aromatic rings. The summed E-state index contributed by atoms with van der Waals surface area (Å²) in [6.45, 7) is 7.50. The van der Waals surface area contributed by atoms with E-state index >= 15 is 0 Å². The average molecular weight is 324 g/mol. The van der Waals surface area contributed by atoms with Crippen molar-refractivity contribution in [1.29, 1.82) is 0 Å². The molecule has 0 amide bonds. The van der Waals surface area contributed by atoms with Gasteiger partial charge in [0.1, 0.15) is 6.61 Å². The molecule has 0 unspecified atom stereocenters. The molecule has 2 rings (SSSR count). The zero-order valence-electron chi connectivity index (χ0n) is 14.3. The van der Waals surface area contributed by atoms with Gasteiger partial charge in [-0.05, 0) is 47.2 Å². The Hall–Kier alpha value is -2.39. The fourth-order valence-corrected chi connectivity index (χ4v) is 2.55. The van der Waals surface area contributed by atoms with Gasteiger partial charge in [-0.25, -0.2) is 4.79 Å². The van der Waals surface area contributed by atoms with Crippen LogP contribution < -0.4 is 0 Å². The Morgan fingerprint density at radius 1 is 1.12 bits per heavy atom. The number of hydrogen-bond donors (Lipinski definition) is 1. The zero-order valence-corrected chi connectivity index (χ0v) is 14.3. The zero-order chi connectivity index (χ0) is 17.5. The summed E-state index contributed by atoms with van der Waals surface area (Å²) in [4.78, 5) is 11.7. The van der Waals surface area contributed by atoms with E-state index in [4.69, 9.17) is 4.74 Å². The first-order valence-electron chi connectivity index (χ1n) is 8.19. The molecule has 0 bridgehead atoms. The fourth-order valence-electron chi connectivity index (χ4n) is 2.55. The molecule has 0 radical (unpaired) electrons. The van der Waals surface area contributed by atoms with Gasteiger partial charge in [0.2, 0.25) is 0 Å². The second-order valence-electron chi connectivity index (χ2n) is 5.95. The lowest BCUT2D eigenvalue weighted by molar-refractivity contribution is -0.140. The highest BCUT2D eigenvalue weighted by Gasteiger charge is 2.10. The summed E-state index contributed by atoms with van der Waals surface area (Å²) >= 11 is 0. The molecule has 0 saturated heterocycles. The summed E-state index contributed by atoms with van der Waals surface area (Å²) in [5.74, 6) is -0.409. The molecule has 126 valence electrons. The second-order valence-corrected chi connectivity index (χ2v) is 5.95. The Balaban J connectivity index is 2.30. The third-order valence-corrected chi connectivity index (χ3v) is 3.86. The number of aliphatic hydroxyl groups excluding tert-OH is 1. The molecule has 0 spiro atoms. The SMILES string of the molecule is C=C(C)C(=O)OCc1cc(CO)ccc1-c1ccc(CCC)cc1. The standard InChI is InChI=1S/C21H24O3/c1-4-5-16-6-9-18(10-7-16)20-11-8-17(13-22)12-19(20)14-24-21(23)15(2)3/h6-12,22H,2,4-5,13-14H2,1,3H3. The first-order chi connectivity index (χ1) is 11.5. The van der Waals surface area contributed by atoms with Gasteiger partial charge in [0, 0.05) is 5.57 Å². The normalized spacial score (nSPS) is 10.5. The maximum atomic E-state index is 11.7. The van der Waals surface area contributed by atoms with Crippen molar-refractivity contribution >= 4 is 5.97 Å². The minimum absolute atomic E-state index is 0.0445. The molecule has 0 aliphatic heterocycles. The van der Waals surface area contributed by atoms with Crippen LogP contribution in [-0.2, 0) is 29.2 Å². The van der Waals surface area contributed by atoms with Crippen molar-refractivity contribution in [3.05, 3.63) is 71.3 Å². The van der Waals surface area contributed by atoms with Gasteiger partial charge >= 0.3 is 5.97 Å². The maximum Gasteiger partial charge on any atom is 0.333 e. The summed E-state index contributed by atoms with van der Waals surface area (Å²) in [5, 5.41) is 9.36. The van der Waals surface area contributed by atoms with Crippen LogP contribution in [0.15, 0.2) is 54.6 Å². The number of carbonyl (C=O) groups excluding carboxylic acids is 1. The Morgan fingerprint density at radius 2 is 1.79 bits per heavy atom. The number of rotatable bonds is 7. The largest absolute Gasteiger partial charge is 0.457 e. The molecule has 0 aliphatic rings. The molecule has 3 nitrogen and oxygen atoms in total. The van der Waals surface area contributed by atoms with E-state index in [2.05, 4.69) is 37.8 Å². The molecule has 0 aliphatic carbocycles. The first-order valence-corrected chi connectivity index (χ1v) is 8.19. The molecular formula is C21H24O3. The van der Waals surface area contributed by atoms with E-state index in [0.29, 0.717) is 5.57 Å². The number of esters is 1. The molecule has 0 heterocycles. The number of aliphatic hydroxyl groups is 1. The maximum absolute atomic E-state index is 11.7. The molecule has 0 atom stereocenters. The molecule has 0 saturated carbocycles. The fraction of sp³-hybridized carbons (Fsp3) is 0.286. The average Bonchev–Trinajstić information content (AvgIpc) is 2.60. The second kappa shape index (κ2) is 8.46. The van der Waals surface area contributed by atoms with Gasteiger partial charge in [0.25, 0.3) is 0 Å². The molecule has 24 heavy (non-hydrogen) atoms. The highest BCUT2D eigenvalue weighted by atomic mass is 16.5. The third kappa shape index (κ3) is 4.56. The van der Waals surface area contributed by atoms with Gasteiger partial charge in [-0.2, -0.15) is 0 Å². The van der Waals surface area contributed by atoms with Gasteiger partial charge in [0.05, 0.1) is 6.61 Å². The van der Waals surface area contributed by atoms with Crippen LogP contribution in [0.1, 0.15) is 37.0 Å². The predicted molar refractivity (Wildman–Crippen MR) is 96.4 cm³/mol. The van der Waals surface area contributed by atoms with Crippen molar-refractivity contribution in [2.45, 2.75) is 39.9 Å². The Morgan fingerprint density at radius 3 is 2.38 bits per heavy atom. The topological polar surface area (TPSA) is 46.5 Å². The first kappa shape index (κ1) is 18.0. The minimum atomic E-state index is -0.409. The third-order valence-electron chi connectivity index (χ3n) is 3.86. The Bertz CT molecular complexity index is 714. The lowest BCUT2D eigenvalue weighted by atomic mass is 9.96. The molecule has 0 aromatic heterocycles. The van der Waals surface area contributed by atoms with E-state index in [1.165, 1.54) is 5.56 Å². The van der Waals surface area contributed by atoms with Gasteiger partial charge in [0.15, 0.2) is 0 Å². The molecule has 2 aromatic carbocycles. The van der Waals surface area contributed by atoms with E-state index in [9.17, 15) is 9.90 Å². The van der Waals surface area contributed by atoms with Crippen LogP contribution in [-0.4, -0.2) is 11.1 Å². The molecule has 1 N–H and O–H groups in total. The van der Waals surface area contributed by atoms with Crippen molar-refractivity contribution in [1.82, 2.24) is 0 Å². The van der Waals surface area contributed by atoms with Crippen LogP contribution in [0, 0.1) is 0 Å². The van der Waals surface area contributed by atoms with Gasteiger partial charge < -0.3 is 9.84 Å². The van der Waals surface area contributed by atoms with Crippen LogP contribution in [0.4, 0.5) is 0 Å². The summed E-state index contributed by atoms with van der Waals surface area (Å²) in [6.07, 6.45) is 2.18.